The number of nitrogens with zero attached hydrogens (tertiary/aromatic N) is 4. The Morgan fingerprint density at radius 2 is 1.50 bits per heavy atom. The molecule has 5 rings (SSSR count). The smallest absolute Gasteiger partial charge is 0.253 e. The quantitative estimate of drug-likeness (QED) is 0.543. The molecule has 3 heterocycles. The predicted molar refractivity (Wildman–Crippen MR) is 136 cm³/mol. The number of fused-ring (bicyclic) bond motifs is 1. The second-order valence-electron chi connectivity index (χ2n) is 9.14. The summed E-state index contributed by atoms with van der Waals surface area (Å²) in [6.07, 6.45) is 2.88. The normalized spacial score (nSPS) is 17.9. The molecule has 7 nitrogen and oxygen atoms in total. The van der Waals surface area contributed by atoms with E-state index >= 15 is 0 Å². The first-order valence-corrected chi connectivity index (χ1v) is 14.1. The van der Waals surface area contributed by atoms with Crippen molar-refractivity contribution in [2.24, 2.45) is 0 Å². The Bertz CT molecular complexity index is 1260. The van der Waals surface area contributed by atoms with Gasteiger partial charge in [-0.2, -0.15) is 4.31 Å². The van der Waals surface area contributed by atoms with Crippen molar-refractivity contribution in [2.75, 3.05) is 44.2 Å². The van der Waals surface area contributed by atoms with Crippen LogP contribution in [0.5, 0.6) is 0 Å². The molecular formula is C25H30N4O3S2. The first-order chi connectivity index (χ1) is 16.3. The van der Waals surface area contributed by atoms with Gasteiger partial charge in [-0.1, -0.05) is 29.9 Å². The fraction of sp³-hybridized carbons (Fsp3) is 0.440. The summed E-state index contributed by atoms with van der Waals surface area (Å²) in [7, 11) is -3.49. The van der Waals surface area contributed by atoms with Crippen LogP contribution >= 0.6 is 11.3 Å². The maximum Gasteiger partial charge on any atom is 0.253 e. The predicted octanol–water partition coefficient (Wildman–Crippen LogP) is 4.05. The number of aryl methyl sites for hydroxylation is 2. The van der Waals surface area contributed by atoms with Crippen LogP contribution in [0.15, 0.2) is 41.3 Å². The summed E-state index contributed by atoms with van der Waals surface area (Å²) in [5.41, 5.74) is 4.02. The summed E-state index contributed by atoms with van der Waals surface area (Å²) in [5, 5.41) is 1.01. The number of carbonyl (C=O) groups is 1. The molecule has 0 bridgehead atoms. The molecule has 1 aromatic heterocycles. The Kier molecular flexibility index (Phi) is 6.35. The number of benzene rings is 2. The average Bonchev–Trinajstić information content (AvgIpc) is 3.34. The summed E-state index contributed by atoms with van der Waals surface area (Å²) in [6.45, 7) is 8.02. The molecule has 0 radical (unpaired) electrons. The van der Waals surface area contributed by atoms with E-state index in [0.29, 0.717) is 31.7 Å². The topological polar surface area (TPSA) is 73.8 Å². The van der Waals surface area contributed by atoms with Crippen LogP contribution in [0.3, 0.4) is 0 Å². The number of thiazole rings is 1. The Hall–Kier alpha value is -2.49. The largest absolute Gasteiger partial charge is 0.345 e. The van der Waals surface area contributed by atoms with E-state index < -0.39 is 10.0 Å². The van der Waals surface area contributed by atoms with Crippen molar-refractivity contribution in [2.45, 2.75) is 38.0 Å². The Morgan fingerprint density at radius 3 is 2.15 bits per heavy atom. The summed E-state index contributed by atoms with van der Waals surface area (Å²) in [4.78, 5) is 22.3. The number of piperazine rings is 1. The third-order valence-electron chi connectivity index (χ3n) is 6.82. The molecule has 2 saturated heterocycles. The van der Waals surface area contributed by atoms with Crippen LogP contribution < -0.4 is 4.90 Å². The minimum atomic E-state index is -3.49. The van der Waals surface area contributed by atoms with Gasteiger partial charge in [-0.3, -0.25) is 4.79 Å². The van der Waals surface area contributed by atoms with Crippen molar-refractivity contribution < 1.29 is 13.2 Å². The van der Waals surface area contributed by atoms with Crippen molar-refractivity contribution in [3.05, 3.63) is 53.1 Å². The number of amides is 1. The maximum absolute atomic E-state index is 13.1. The number of sulfonamides is 1. The third-order valence-corrected chi connectivity index (χ3v) is 9.99. The molecule has 2 aromatic carbocycles. The lowest BCUT2D eigenvalue weighted by Crippen LogP contribution is -2.48. The molecule has 2 aliphatic heterocycles. The van der Waals surface area contributed by atoms with Gasteiger partial charge in [0.05, 0.1) is 15.1 Å². The molecule has 1 amide bonds. The van der Waals surface area contributed by atoms with Crippen molar-refractivity contribution in [3.63, 3.8) is 0 Å². The average molecular weight is 499 g/mol. The summed E-state index contributed by atoms with van der Waals surface area (Å²) in [6, 6.07) is 10.7. The molecule has 2 fully saturated rings. The molecule has 9 heteroatoms. The highest BCUT2D eigenvalue weighted by molar-refractivity contribution is 7.89. The lowest BCUT2D eigenvalue weighted by Gasteiger charge is -2.34. The lowest BCUT2D eigenvalue weighted by atomic mass is 10.1. The van der Waals surface area contributed by atoms with Gasteiger partial charge in [0.1, 0.15) is 0 Å². The SMILES string of the molecule is Cc1ccc(C)c2sc(N3CCN(C(=O)c4ccc(S(=O)(=O)N5CCCCC5)cc4)CC3)nc12. The Balaban J connectivity index is 1.24. The molecule has 180 valence electrons. The molecule has 0 N–H and O–H groups in total. The standard InChI is InChI=1S/C25H30N4O3S2/c1-18-6-7-19(2)23-22(18)26-25(33-23)28-16-14-27(15-17-28)24(30)20-8-10-21(11-9-20)34(31,32)29-12-4-3-5-13-29/h6-11H,3-5,12-17H2,1-2H3. The van der Waals surface area contributed by atoms with Gasteiger partial charge in [0, 0.05) is 44.8 Å². The zero-order chi connectivity index (χ0) is 23.9. The van der Waals surface area contributed by atoms with E-state index in [-0.39, 0.29) is 10.8 Å². The highest BCUT2D eigenvalue weighted by Gasteiger charge is 2.27. The van der Waals surface area contributed by atoms with Gasteiger partial charge in [-0.25, -0.2) is 13.4 Å². The van der Waals surface area contributed by atoms with Crippen LogP contribution in [-0.2, 0) is 10.0 Å². The molecule has 0 saturated carbocycles. The van der Waals surface area contributed by atoms with Gasteiger partial charge in [-0.15, -0.1) is 0 Å². The molecule has 2 aliphatic rings. The number of piperidine rings is 1. The second kappa shape index (κ2) is 9.28. The number of hydrogen-bond donors (Lipinski definition) is 0. The number of hydrogen-bond acceptors (Lipinski definition) is 6. The molecule has 34 heavy (non-hydrogen) atoms. The first-order valence-electron chi connectivity index (χ1n) is 11.9. The van der Waals surface area contributed by atoms with Crippen LogP contribution in [-0.4, -0.2) is 67.8 Å². The van der Waals surface area contributed by atoms with Crippen LogP contribution in [0.1, 0.15) is 40.7 Å². The molecular weight excluding hydrogens is 468 g/mol. The van der Waals surface area contributed by atoms with E-state index in [1.54, 1.807) is 39.9 Å². The summed E-state index contributed by atoms with van der Waals surface area (Å²) < 4.78 is 28.5. The highest BCUT2D eigenvalue weighted by Crippen LogP contribution is 2.33. The summed E-state index contributed by atoms with van der Waals surface area (Å²) in [5.74, 6) is -0.0578. The van der Waals surface area contributed by atoms with Crippen molar-refractivity contribution in [3.8, 4) is 0 Å². The minimum Gasteiger partial charge on any atom is -0.345 e. The van der Waals surface area contributed by atoms with Crippen molar-refractivity contribution >= 4 is 42.6 Å². The van der Waals surface area contributed by atoms with Gasteiger partial charge < -0.3 is 9.80 Å². The number of aromatic nitrogens is 1. The molecule has 0 atom stereocenters. The zero-order valence-electron chi connectivity index (χ0n) is 19.7. The van der Waals surface area contributed by atoms with Gasteiger partial charge in [0.2, 0.25) is 10.0 Å². The molecule has 3 aromatic rings. The van der Waals surface area contributed by atoms with Crippen LogP contribution in [0, 0.1) is 13.8 Å². The van der Waals surface area contributed by atoms with Gasteiger partial charge in [0.15, 0.2) is 5.13 Å². The van der Waals surface area contributed by atoms with E-state index in [1.807, 2.05) is 4.90 Å². The molecule has 0 aliphatic carbocycles. The van der Waals surface area contributed by atoms with Crippen LogP contribution in [0.4, 0.5) is 5.13 Å². The van der Waals surface area contributed by atoms with Gasteiger partial charge in [-0.05, 0) is 62.1 Å². The number of rotatable bonds is 4. The molecule has 0 unspecified atom stereocenters. The Labute approximate surface area is 205 Å². The van der Waals surface area contributed by atoms with E-state index in [9.17, 15) is 13.2 Å². The van der Waals surface area contributed by atoms with E-state index in [1.165, 1.54) is 15.8 Å². The fourth-order valence-corrected chi connectivity index (χ4v) is 7.37. The second-order valence-corrected chi connectivity index (χ2v) is 12.1. The zero-order valence-corrected chi connectivity index (χ0v) is 21.3. The number of anilines is 1. The Morgan fingerprint density at radius 1 is 0.853 bits per heavy atom. The monoisotopic (exact) mass is 498 g/mol. The van der Waals surface area contributed by atoms with Gasteiger partial charge in [0.25, 0.3) is 5.91 Å². The van der Waals surface area contributed by atoms with Crippen LogP contribution in [0.25, 0.3) is 10.2 Å². The fourth-order valence-electron chi connectivity index (χ4n) is 4.69. The third kappa shape index (κ3) is 4.32. The summed E-state index contributed by atoms with van der Waals surface area (Å²) >= 11 is 1.72. The highest BCUT2D eigenvalue weighted by atomic mass is 32.2. The first kappa shape index (κ1) is 23.3. The lowest BCUT2D eigenvalue weighted by molar-refractivity contribution is 0.0746. The van der Waals surface area contributed by atoms with E-state index in [2.05, 4.69) is 30.9 Å². The maximum atomic E-state index is 13.1. The minimum absolute atomic E-state index is 0.0578. The number of carbonyl (C=O) groups excluding carboxylic acids is 1. The van der Waals surface area contributed by atoms with Gasteiger partial charge >= 0.3 is 0 Å². The van der Waals surface area contributed by atoms with E-state index in [0.717, 1.165) is 43.0 Å². The van der Waals surface area contributed by atoms with Crippen molar-refractivity contribution in [1.82, 2.24) is 14.2 Å². The van der Waals surface area contributed by atoms with E-state index in [4.69, 9.17) is 4.98 Å². The molecule has 0 spiro atoms. The van der Waals surface area contributed by atoms with Crippen molar-refractivity contribution in [1.29, 1.82) is 0 Å². The van der Waals surface area contributed by atoms with Crippen LogP contribution in [0.2, 0.25) is 0 Å².